The van der Waals surface area contributed by atoms with Gasteiger partial charge in [0.25, 0.3) is 5.56 Å². The van der Waals surface area contributed by atoms with Gasteiger partial charge in [0.15, 0.2) is 5.65 Å². The van der Waals surface area contributed by atoms with Crippen LogP contribution in [0, 0.1) is 11.6 Å². The highest BCUT2D eigenvalue weighted by Gasteiger charge is 2.39. The minimum atomic E-state index is -1.06. The quantitative estimate of drug-likeness (QED) is 0.489. The molecule has 0 aliphatic carbocycles. The summed E-state index contributed by atoms with van der Waals surface area (Å²) in [6, 6.07) is 11.7. The van der Waals surface area contributed by atoms with Gasteiger partial charge in [-0.1, -0.05) is 12.1 Å². The van der Waals surface area contributed by atoms with Gasteiger partial charge in [-0.05, 0) is 61.7 Å². The van der Waals surface area contributed by atoms with E-state index in [0.717, 1.165) is 5.56 Å². The number of halogens is 2. The van der Waals surface area contributed by atoms with Crippen molar-refractivity contribution in [2.45, 2.75) is 38.0 Å². The third-order valence-electron chi connectivity index (χ3n) is 6.82. The zero-order valence-electron chi connectivity index (χ0n) is 18.7. The maximum Gasteiger partial charge on any atom is 0.264 e. The molecule has 1 aliphatic rings. The molecule has 0 radical (unpaired) electrons. The number of hydrogen-bond acceptors (Lipinski definition) is 5. The largest absolute Gasteiger partial charge is 0.388 e. The molecule has 3 heterocycles. The summed E-state index contributed by atoms with van der Waals surface area (Å²) in [4.78, 5) is 19.9. The number of nitrogens with zero attached hydrogens (tertiary/aromatic N) is 5. The van der Waals surface area contributed by atoms with Gasteiger partial charge in [-0.2, -0.15) is 5.10 Å². The van der Waals surface area contributed by atoms with Gasteiger partial charge in [-0.3, -0.25) is 14.3 Å². The summed E-state index contributed by atoms with van der Waals surface area (Å²) >= 11 is 0. The molecular formula is C25H25F2N5O2. The van der Waals surface area contributed by atoms with Crippen molar-refractivity contribution in [3.05, 3.63) is 88.6 Å². The molecule has 0 amide bonds. The average molecular weight is 466 g/mol. The first kappa shape index (κ1) is 22.4. The molecule has 9 heteroatoms. The van der Waals surface area contributed by atoms with Gasteiger partial charge in [-0.25, -0.2) is 18.4 Å². The van der Waals surface area contributed by atoms with Gasteiger partial charge < -0.3 is 5.11 Å². The minimum Gasteiger partial charge on any atom is -0.388 e. The van der Waals surface area contributed by atoms with Crippen LogP contribution in [0.5, 0.6) is 0 Å². The summed E-state index contributed by atoms with van der Waals surface area (Å²) in [5.74, 6) is -0.619. The van der Waals surface area contributed by atoms with E-state index in [1.807, 2.05) is 6.92 Å². The predicted octanol–water partition coefficient (Wildman–Crippen LogP) is 3.45. The van der Waals surface area contributed by atoms with E-state index in [2.05, 4.69) is 15.0 Å². The molecule has 5 rings (SSSR count). The molecule has 1 aliphatic heterocycles. The van der Waals surface area contributed by atoms with E-state index in [9.17, 15) is 18.7 Å². The SMILES string of the molecule is C[C@@H](n1cnc2c(cnn2-c2ccc(F)cc2)c1=O)C1(O)CCN(Cc2ccc(F)cc2)CC1. The monoisotopic (exact) mass is 465 g/mol. The molecule has 2 aromatic heterocycles. The van der Waals surface area contributed by atoms with Crippen LogP contribution < -0.4 is 5.56 Å². The lowest BCUT2D eigenvalue weighted by Gasteiger charge is -2.42. The average Bonchev–Trinajstić information content (AvgIpc) is 3.27. The number of rotatable bonds is 5. The Morgan fingerprint density at radius 1 is 1.03 bits per heavy atom. The smallest absolute Gasteiger partial charge is 0.264 e. The maximum atomic E-state index is 13.3. The van der Waals surface area contributed by atoms with Crippen molar-refractivity contribution in [1.29, 1.82) is 0 Å². The standard InChI is InChI=1S/C25H25F2N5O2/c1-17(25(34)10-12-30(13-11-25)15-18-2-4-19(26)5-3-18)31-16-28-23-22(24(31)33)14-29-32(23)21-8-6-20(27)7-9-21/h2-9,14,16-17,34H,10-13,15H2,1H3/t17-/m1/s1. The Hall–Kier alpha value is -3.43. The van der Waals surface area contributed by atoms with Crippen LogP contribution in [0.3, 0.4) is 0 Å². The zero-order chi connectivity index (χ0) is 23.9. The molecule has 0 spiro atoms. The van der Waals surface area contributed by atoms with Crippen LogP contribution in [-0.2, 0) is 6.54 Å². The number of piperidine rings is 1. The summed E-state index contributed by atoms with van der Waals surface area (Å²) in [5.41, 5.74) is 0.644. The van der Waals surface area contributed by atoms with Gasteiger partial charge >= 0.3 is 0 Å². The predicted molar refractivity (Wildman–Crippen MR) is 124 cm³/mol. The first-order valence-electron chi connectivity index (χ1n) is 11.2. The normalized spacial score (nSPS) is 17.2. The first-order valence-corrected chi connectivity index (χ1v) is 11.2. The van der Waals surface area contributed by atoms with E-state index >= 15 is 0 Å². The van der Waals surface area contributed by atoms with Crippen LogP contribution in [0.25, 0.3) is 16.7 Å². The molecule has 1 N–H and O–H groups in total. The third kappa shape index (κ3) is 4.12. The van der Waals surface area contributed by atoms with E-state index in [0.29, 0.717) is 49.2 Å². The molecule has 0 unspecified atom stereocenters. The minimum absolute atomic E-state index is 0.259. The Morgan fingerprint density at radius 2 is 1.65 bits per heavy atom. The number of likely N-dealkylation sites (tertiary alicyclic amines) is 1. The fourth-order valence-corrected chi connectivity index (χ4v) is 4.60. The summed E-state index contributed by atoms with van der Waals surface area (Å²) in [6.45, 7) is 3.83. The van der Waals surface area contributed by atoms with Crippen LogP contribution in [0.4, 0.5) is 8.78 Å². The van der Waals surface area contributed by atoms with E-state index in [1.165, 1.54) is 46.0 Å². The highest BCUT2D eigenvalue weighted by molar-refractivity contribution is 5.74. The summed E-state index contributed by atoms with van der Waals surface area (Å²) in [5, 5.41) is 16.0. The molecule has 176 valence electrons. The lowest BCUT2D eigenvalue weighted by molar-refractivity contribution is -0.0589. The molecule has 34 heavy (non-hydrogen) atoms. The van der Waals surface area contributed by atoms with Crippen molar-refractivity contribution in [3.8, 4) is 5.69 Å². The van der Waals surface area contributed by atoms with Crippen molar-refractivity contribution in [2.75, 3.05) is 13.1 Å². The fraction of sp³-hybridized carbons (Fsp3) is 0.320. The van der Waals surface area contributed by atoms with Crippen LogP contribution in [-0.4, -0.2) is 48.0 Å². The molecular weight excluding hydrogens is 440 g/mol. The van der Waals surface area contributed by atoms with Crippen LogP contribution in [0.1, 0.15) is 31.4 Å². The fourth-order valence-electron chi connectivity index (χ4n) is 4.60. The van der Waals surface area contributed by atoms with Gasteiger partial charge in [0.05, 0.1) is 23.5 Å². The van der Waals surface area contributed by atoms with Crippen LogP contribution in [0.15, 0.2) is 65.8 Å². The number of hydrogen-bond donors (Lipinski definition) is 1. The second-order valence-electron chi connectivity index (χ2n) is 8.91. The summed E-state index contributed by atoms with van der Waals surface area (Å²) in [7, 11) is 0. The van der Waals surface area contributed by atoms with Crippen LogP contribution >= 0.6 is 0 Å². The topological polar surface area (TPSA) is 76.2 Å². The highest BCUT2D eigenvalue weighted by Crippen LogP contribution is 2.33. The third-order valence-corrected chi connectivity index (χ3v) is 6.82. The van der Waals surface area contributed by atoms with Gasteiger partial charge in [0.2, 0.25) is 0 Å². The van der Waals surface area contributed by atoms with Crippen molar-refractivity contribution < 1.29 is 13.9 Å². The lowest BCUT2D eigenvalue weighted by atomic mass is 9.84. The summed E-state index contributed by atoms with van der Waals surface area (Å²) in [6.07, 6.45) is 3.88. The molecule has 0 bridgehead atoms. The second-order valence-corrected chi connectivity index (χ2v) is 8.91. The van der Waals surface area contributed by atoms with Gasteiger partial charge in [-0.15, -0.1) is 0 Å². The van der Waals surface area contributed by atoms with Crippen molar-refractivity contribution in [2.24, 2.45) is 0 Å². The Balaban J connectivity index is 1.34. The highest BCUT2D eigenvalue weighted by atomic mass is 19.1. The molecule has 1 saturated heterocycles. The number of benzene rings is 2. The molecule has 0 saturated carbocycles. The van der Waals surface area contributed by atoms with E-state index < -0.39 is 11.6 Å². The number of aliphatic hydroxyl groups is 1. The molecule has 4 aromatic rings. The molecule has 1 fully saturated rings. The molecule has 1 atom stereocenters. The van der Waals surface area contributed by atoms with Gasteiger partial charge in [0, 0.05) is 19.6 Å². The van der Waals surface area contributed by atoms with Crippen molar-refractivity contribution in [3.63, 3.8) is 0 Å². The molecule has 7 nitrogen and oxygen atoms in total. The first-order chi connectivity index (χ1) is 16.3. The Kier molecular flexibility index (Phi) is 5.75. The Bertz CT molecular complexity index is 1360. The zero-order valence-corrected chi connectivity index (χ0v) is 18.7. The Labute approximate surface area is 194 Å². The van der Waals surface area contributed by atoms with E-state index in [4.69, 9.17) is 0 Å². The number of aromatic nitrogens is 4. The number of fused-ring (bicyclic) bond motifs is 1. The van der Waals surface area contributed by atoms with E-state index in [1.54, 1.807) is 24.3 Å². The Morgan fingerprint density at radius 3 is 2.29 bits per heavy atom. The lowest BCUT2D eigenvalue weighted by Crippen LogP contribution is -2.50. The van der Waals surface area contributed by atoms with Gasteiger partial charge in [0.1, 0.15) is 23.3 Å². The second kappa shape index (κ2) is 8.73. The van der Waals surface area contributed by atoms with Crippen molar-refractivity contribution in [1.82, 2.24) is 24.2 Å². The van der Waals surface area contributed by atoms with E-state index in [-0.39, 0.29) is 17.2 Å². The van der Waals surface area contributed by atoms with Crippen molar-refractivity contribution >= 4 is 11.0 Å². The molecule has 2 aromatic carbocycles. The van der Waals surface area contributed by atoms with Crippen LogP contribution in [0.2, 0.25) is 0 Å². The summed E-state index contributed by atoms with van der Waals surface area (Å²) < 4.78 is 29.4. The maximum absolute atomic E-state index is 13.3.